The third-order valence-corrected chi connectivity index (χ3v) is 6.50. The normalized spacial score (nSPS) is 14.1. The van der Waals surface area contributed by atoms with Crippen LogP contribution in [-0.2, 0) is 14.8 Å². The molecule has 0 bridgehead atoms. The smallest absolute Gasteiger partial charge is 0.243 e. The van der Waals surface area contributed by atoms with Crippen molar-refractivity contribution in [2.75, 3.05) is 18.9 Å². The SMILES string of the molecule is CN(CC(=O)Nc1cccc(-c2nnnn2C2CC2)c1)S(=O)(=O)c1ccc(F)cc1. The van der Waals surface area contributed by atoms with E-state index in [9.17, 15) is 17.6 Å². The third kappa shape index (κ3) is 4.21. The van der Waals surface area contributed by atoms with Gasteiger partial charge in [0.05, 0.1) is 17.5 Å². The molecule has 1 aromatic heterocycles. The average Bonchev–Trinajstić information content (AvgIpc) is 3.44. The number of benzene rings is 2. The van der Waals surface area contributed by atoms with Crippen LogP contribution >= 0.6 is 0 Å². The zero-order valence-corrected chi connectivity index (χ0v) is 16.9. The highest BCUT2D eigenvalue weighted by molar-refractivity contribution is 7.89. The number of hydrogen-bond acceptors (Lipinski definition) is 6. The van der Waals surface area contributed by atoms with Crippen LogP contribution in [0.4, 0.5) is 10.1 Å². The number of carbonyl (C=O) groups is 1. The van der Waals surface area contributed by atoms with Crippen LogP contribution in [0.2, 0.25) is 0 Å². The summed E-state index contributed by atoms with van der Waals surface area (Å²) >= 11 is 0. The first-order valence-corrected chi connectivity index (χ1v) is 10.7. The molecule has 1 heterocycles. The van der Waals surface area contributed by atoms with E-state index >= 15 is 0 Å². The van der Waals surface area contributed by atoms with E-state index in [0.29, 0.717) is 17.6 Å². The molecular weight excluding hydrogens is 411 g/mol. The highest BCUT2D eigenvalue weighted by Gasteiger charge is 2.28. The van der Waals surface area contributed by atoms with E-state index in [0.717, 1.165) is 47.0 Å². The minimum Gasteiger partial charge on any atom is -0.325 e. The Kier molecular flexibility index (Phi) is 5.31. The van der Waals surface area contributed by atoms with Gasteiger partial charge in [-0.1, -0.05) is 12.1 Å². The molecule has 0 aliphatic heterocycles. The lowest BCUT2D eigenvalue weighted by molar-refractivity contribution is -0.116. The van der Waals surface area contributed by atoms with Crippen molar-refractivity contribution in [1.29, 1.82) is 0 Å². The summed E-state index contributed by atoms with van der Waals surface area (Å²) in [5.74, 6) is -0.436. The van der Waals surface area contributed by atoms with Gasteiger partial charge in [-0.15, -0.1) is 5.10 Å². The molecule has 156 valence electrons. The Morgan fingerprint density at radius 3 is 2.67 bits per heavy atom. The standard InChI is InChI=1S/C19H19FN6O3S/c1-25(30(28,29)17-9-5-14(20)6-10-17)12-18(27)21-15-4-2-3-13(11-15)19-22-23-24-26(19)16-7-8-16/h2-6,9-11,16H,7-8,12H2,1H3,(H,21,27). The van der Waals surface area contributed by atoms with Gasteiger partial charge in [0.2, 0.25) is 15.9 Å². The molecule has 0 radical (unpaired) electrons. The Morgan fingerprint density at radius 1 is 1.23 bits per heavy atom. The lowest BCUT2D eigenvalue weighted by atomic mass is 10.2. The van der Waals surface area contributed by atoms with Crippen molar-refractivity contribution >= 4 is 21.6 Å². The van der Waals surface area contributed by atoms with Gasteiger partial charge >= 0.3 is 0 Å². The summed E-state index contributed by atoms with van der Waals surface area (Å²) in [6.45, 7) is -0.399. The van der Waals surface area contributed by atoms with Gasteiger partial charge in [0.15, 0.2) is 5.82 Å². The van der Waals surface area contributed by atoms with Gasteiger partial charge in [-0.3, -0.25) is 4.79 Å². The number of nitrogens with zero attached hydrogens (tertiary/aromatic N) is 5. The summed E-state index contributed by atoms with van der Waals surface area (Å²) in [6.07, 6.45) is 2.06. The lowest BCUT2D eigenvalue weighted by Gasteiger charge is -2.17. The minimum atomic E-state index is -3.92. The van der Waals surface area contributed by atoms with Crippen molar-refractivity contribution in [3.63, 3.8) is 0 Å². The summed E-state index contributed by atoms with van der Waals surface area (Å²) in [6, 6.07) is 11.8. The largest absolute Gasteiger partial charge is 0.325 e. The molecule has 0 saturated heterocycles. The van der Waals surface area contributed by atoms with Gasteiger partial charge in [0, 0.05) is 18.3 Å². The zero-order valence-electron chi connectivity index (χ0n) is 16.1. The van der Waals surface area contributed by atoms with E-state index in [2.05, 4.69) is 20.8 Å². The molecule has 0 atom stereocenters. The molecule has 9 nitrogen and oxygen atoms in total. The fourth-order valence-corrected chi connectivity index (χ4v) is 4.09. The van der Waals surface area contributed by atoms with Crippen molar-refractivity contribution in [3.05, 3.63) is 54.3 Å². The molecule has 1 aliphatic rings. The van der Waals surface area contributed by atoms with Gasteiger partial charge in [-0.25, -0.2) is 17.5 Å². The molecule has 1 saturated carbocycles. The van der Waals surface area contributed by atoms with Crippen LogP contribution < -0.4 is 5.32 Å². The molecule has 0 unspecified atom stereocenters. The highest BCUT2D eigenvalue weighted by atomic mass is 32.2. The lowest BCUT2D eigenvalue weighted by Crippen LogP contribution is -2.35. The summed E-state index contributed by atoms with van der Waals surface area (Å²) in [5, 5.41) is 14.5. The molecule has 1 amide bonds. The van der Waals surface area contributed by atoms with Crippen molar-refractivity contribution in [1.82, 2.24) is 24.5 Å². The predicted molar refractivity (Wildman–Crippen MR) is 106 cm³/mol. The Labute approximate surface area is 172 Å². The molecule has 2 aromatic carbocycles. The molecule has 0 spiro atoms. The van der Waals surface area contributed by atoms with E-state index in [1.54, 1.807) is 22.9 Å². The Hall–Kier alpha value is -3.18. The van der Waals surface area contributed by atoms with E-state index < -0.39 is 28.3 Å². The first kappa shape index (κ1) is 20.1. The molecule has 1 N–H and O–H groups in total. The Morgan fingerprint density at radius 2 is 1.97 bits per heavy atom. The van der Waals surface area contributed by atoms with Crippen LogP contribution in [0.25, 0.3) is 11.4 Å². The topological polar surface area (TPSA) is 110 Å². The van der Waals surface area contributed by atoms with E-state index in [1.807, 2.05) is 6.07 Å². The van der Waals surface area contributed by atoms with Crippen LogP contribution in [0.5, 0.6) is 0 Å². The van der Waals surface area contributed by atoms with Gasteiger partial charge < -0.3 is 5.32 Å². The van der Waals surface area contributed by atoms with Crippen LogP contribution in [0.3, 0.4) is 0 Å². The summed E-state index contributed by atoms with van der Waals surface area (Å²) in [4.78, 5) is 12.3. The van der Waals surface area contributed by atoms with Gasteiger partial charge in [-0.05, 0) is 59.7 Å². The summed E-state index contributed by atoms with van der Waals surface area (Å²) in [5.41, 5.74) is 1.24. The van der Waals surface area contributed by atoms with E-state index in [-0.39, 0.29) is 4.90 Å². The summed E-state index contributed by atoms with van der Waals surface area (Å²) in [7, 11) is -2.63. The fraction of sp³-hybridized carbons (Fsp3) is 0.263. The van der Waals surface area contributed by atoms with Gasteiger partial charge in [-0.2, -0.15) is 4.31 Å². The number of carbonyl (C=O) groups excluding carboxylic acids is 1. The van der Waals surface area contributed by atoms with Crippen LogP contribution in [0.15, 0.2) is 53.4 Å². The first-order chi connectivity index (χ1) is 14.3. The molecule has 11 heteroatoms. The molecule has 4 rings (SSSR count). The monoisotopic (exact) mass is 430 g/mol. The maximum Gasteiger partial charge on any atom is 0.243 e. The number of tetrazole rings is 1. The number of likely N-dealkylation sites (N-methyl/N-ethyl adjacent to an activating group) is 1. The minimum absolute atomic E-state index is 0.0897. The number of aromatic nitrogens is 4. The maximum absolute atomic E-state index is 13.0. The van der Waals surface area contributed by atoms with Crippen LogP contribution in [-0.4, -0.2) is 52.4 Å². The third-order valence-electron chi connectivity index (χ3n) is 4.68. The van der Waals surface area contributed by atoms with Crippen LogP contribution in [0.1, 0.15) is 18.9 Å². The number of amides is 1. The number of rotatable bonds is 7. The first-order valence-electron chi connectivity index (χ1n) is 9.24. The second-order valence-corrected chi connectivity index (χ2v) is 9.07. The number of anilines is 1. The Balaban J connectivity index is 1.45. The van der Waals surface area contributed by atoms with Crippen molar-refractivity contribution in [2.24, 2.45) is 0 Å². The molecule has 1 aliphatic carbocycles. The van der Waals surface area contributed by atoms with Crippen molar-refractivity contribution in [2.45, 2.75) is 23.8 Å². The van der Waals surface area contributed by atoms with Crippen LogP contribution in [0, 0.1) is 5.82 Å². The van der Waals surface area contributed by atoms with Gasteiger partial charge in [0.25, 0.3) is 0 Å². The fourth-order valence-electron chi connectivity index (χ4n) is 2.96. The average molecular weight is 430 g/mol. The Bertz CT molecular complexity index is 1170. The second kappa shape index (κ2) is 7.92. The molecular formula is C19H19FN6O3S. The predicted octanol–water partition coefficient (Wildman–Crippen LogP) is 2.07. The number of hydrogen-bond donors (Lipinski definition) is 1. The number of sulfonamides is 1. The number of nitrogens with one attached hydrogen (secondary N) is 1. The van der Waals surface area contributed by atoms with E-state index in [4.69, 9.17) is 0 Å². The quantitative estimate of drug-likeness (QED) is 0.615. The molecule has 3 aromatic rings. The zero-order chi connectivity index (χ0) is 21.3. The van der Waals surface area contributed by atoms with Gasteiger partial charge in [0.1, 0.15) is 5.82 Å². The molecule has 30 heavy (non-hydrogen) atoms. The highest BCUT2D eigenvalue weighted by Crippen LogP contribution is 2.36. The maximum atomic E-state index is 13.0. The summed E-state index contributed by atoms with van der Waals surface area (Å²) < 4.78 is 40.8. The number of halogens is 1. The second-order valence-electron chi connectivity index (χ2n) is 7.02. The van der Waals surface area contributed by atoms with Crippen molar-refractivity contribution in [3.8, 4) is 11.4 Å². The molecule has 1 fully saturated rings. The van der Waals surface area contributed by atoms with E-state index in [1.165, 1.54) is 7.05 Å². The van der Waals surface area contributed by atoms with Crippen molar-refractivity contribution < 1.29 is 17.6 Å².